The van der Waals surface area contributed by atoms with Gasteiger partial charge in [-0.1, -0.05) is 6.92 Å². The van der Waals surface area contributed by atoms with Crippen LogP contribution in [0.15, 0.2) is 11.4 Å². The fourth-order valence-electron chi connectivity index (χ4n) is 2.91. The van der Waals surface area contributed by atoms with Crippen LogP contribution in [0.3, 0.4) is 0 Å². The van der Waals surface area contributed by atoms with Gasteiger partial charge in [0.2, 0.25) is 0 Å². The molecule has 5 heteroatoms. The fourth-order valence-corrected chi connectivity index (χ4v) is 4.06. The number of fused-ring (bicyclic) bond motifs is 1. The predicted molar refractivity (Wildman–Crippen MR) is 86.8 cm³/mol. The third-order valence-electron chi connectivity index (χ3n) is 3.90. The third-order valence-corrected chi connectivity index (χ3v) is 5.10. The molecule has 118 valence electrons. The van der Waals surface area contributed by atoms with Gasteiger partial charge in [-0.25, -0.2) is 4.79 Å². The summed E-state index contributed by atoms with van der Waals surface area (Å²) in [5.74, 6) is 0. The molecule has 0 aliphatic carbocycles. The first-order chi connectivity index (χ1) is 9.76. The number of nitrogens with one attached hydrogen (secondary N) is 2. The van der Waals surface area contributed by atoms with Gasteiger partial charge in [0.15, 0.2) is 0 Å². The molecule has 0 radical (unpaired) electrons. The van der Waals surface area contributed by atoms with Crippen molar-refractivity contribution in [2.24, 2.45) is 0 Å². The Morgan fingerprint density at radius 3 is 2.90 bits per heavy atom. The smallest absolute Gasteiger partial charge is 0.407 e. The zero-order valence-corrected chi connectivity index (χ0v) is 14.4. The minimum Gasteiger partial charge on any atom is -0.444 e. The van der Waals surface area contributed by atoms with Gasteiger partial charge in [0.1, 0.15) is 5.60 Å². The number of carbonyl (C=O) groups is 1. The van der Waals surface area contributed by atoms with Crippen LogP contribution in [0, 0.1) is 0 Å². The maximum Gasteiger partial charge on any atom is 0.407 e. The molecule has 1 aliphatic rings. The minimum absolute atomic E-state index is 0.00468. The van der Waals surface area contributed by atoms with E-state index in [4.69, 9.17) is 4.74 Å². The molecular weight excluding hydrogens is 284 g/mol. The Labute approximate surface area is 131 Å². The molecule has 2 unspecified atom stereocenters. The highest BCUT2D eigenvalue weighted by molar-refractivity contribution is 7.10. The second kappa shape index (κ2) is 5.97. The van der Waals surface area contributed by atoms with Crippen molar-refractivity contribution in [2.75, 3.05) is 6.54 Å². The summed E-state index contributed by atoms with van der Waals surface area (Å²) in [6.45, 7) is 10.8. The van der Waals surface area contributed by atoms with Crippen LogP contribution in [0.5, 0.6) is 0 Å². The van der Waals surface area contributed by atoms with Crippen LogP contribution in [-0.2, 0) is 16.7 Å². The maximum absolute atomic E-state index is 12.1. The molecule has 0 saturated carbocycles. The van der Waals surface area contributed by atoms with E-state index in [0.29, 0.717) is 0 Å². The number of carbonyl (C=O) groups excluding carboxylic acids is 1. The lowest BCUT2D eigenvalue weighted by molar-refractivity contribution is 0.0464. The number of rotatable bonds is 3. The van der Waals surface area contributed by atoms with E-state index in [1.54, 1.807) is 11.3 Å². The van der Waals surface area contributed by atoms with Crippen molar-refractivity contribution in [3.05, 3.63) is 21.9 Å². The largest absolute Gasteiger partial charge is 0.444 e. The van der Waals surface area contributed by atoms with E-state index in [9.17, 15) is 4.79 Å². The quantitative estimate of drug-likeness (QED) is 0.899. The van der Waals surface area contributed by atoms with E-state index >= 15 is 0 Å². The average Bonchev–Trinajstić information content (AvgIpc) is 2.83. The van der Waals surface area contributed by atoms with E-state index in [-0.39, 0.29) is 17.7 Å². The Bertz CT molecular complexity index is 507. The zero-order valence-electron chi connectivity index (χ0n) is 13.6. The zero-order chi connectivity index (χ0) is 15.7. The average molecular weight is 310 g/mol. The third kappa shape index (κ3) is 3.58. The fraction of sp³-hybridized carbons (Fsp3) is 0.688. The summed E-state index contributed by atoms with van der Waals surface area (Å²) in [5, 5.41) is 8.78. The molecule has 0 spiro atoms. The summed E-state index contributed by atoms with van der Waals surface area (Å²) in [4.78, 5) is 13.4. The van der Waals surface area contributed by atoms with Crippen LogP contribution < -0.4 is 10.6 Å². The van der Waals surface area contributed by atoms with E-state index < -0.39 is 5.60 Å². The van der Waals surface area contributed by atoms with Crippen LogP contribution in [-0.4, -0.2) is 24.3 Å². The van der Waals surface area contributed by atoms with E-state index in [1.165, 1.54) is 10.4 Å². The normalized spacial score (nSPS) is 23.3. The SMILES string of the molecule is CCC(NC(=O)OC(C)(C)C)C1(C)NCCc2ccsc21. The van der Waals surface area contributed by atoms with Gasteiger partial charge >= 0.3 is 6.09 Å². The molecule has 1 aromatic heterocycles. The maximum atomic E-state index is 12.1. The monoisotopic (exact) mass is 310 g/mol. The van der Waals surface area contributed by atoms with Crippen molar-refractivity contribution < 1.29 is 9.53 Å². The number of hydrogen-bond acceptors (Lipinski definition) is 4. The number of hydrogen-bond donors (Lipinski definition) is 2. The van der Waals surface area contributed by atoms with Crippen LogP contribution in [0.25, 0.3) is 0 Å². The van der Waals surface area contributed by atoms with Crippen molar-refractivity contribution in [3.8, 4) is 0 Å². The Morgan fingerprint density at radius 2 is 2.29 bits per heavy atom. The van der Waals surface area contributed by atoms with Gasteiger partial charge in [0, 0.05) is 11.4 Å². The van der Waals surface area contributed by atoms with E-state index in [0.717, 1.165) is 19.4 Å². The summed E-state index contributed by atoms with van der Waals surface area (Å²) < 4.78 is 5.40. The van der Waals surface area contributed by atoms with Crippen LogP contribution >= 0.6 is 11.3 Å². The van der Waals surface area contributed by atoms with Crippen molar-refractivity contribution in [1.29, 1.82) is 0 Å². The van der Waals surface area contributed by atoms with Gasteiger partial charge in [-0.3, -0.25) is 0 Å². The topological polar surface area (TPSA) is 50.4 Å². The van der Waals surface area contributed by atoms with Crippen molar-refractivity contribution in [1.82, 2.24) is 10.6 Å². The van der Waals surface area contributed by atoms with Gasteiger partial charge in [0.25, 0.3) is 0 Å². The number of thiophene rings is 1. The molecule has 1 aliphatic heterocycles. The molecule has 2 atom stereocenters. The van der Waals surface area contributed by atoms with Gasteiger partial charge < -0.3 is 15.4 Å². The Kier molecular flexibility index (Phi) is 4.63. The molecular formula is C16H26N2O2S. The first-order valence-electron chi connectivity index (χ1n) is 7.57. The van der Waals surface area contributed by atoms with Gasteiger partial charge in [-0.05, 0) is 57.5 Å². The highest BCUT2D eigenvalue weighted by atomic mass is 32.1. The molecule has 2 rings (SSSR count). The number of alkyl carbamates (subject to hydrolysis) is 1. The molecule has 0 saturated heterocycles. The van der Waals surface area contributed by atoms with Crippen LogP contribution in [0.4, 0.5) is 4.79 Å². The van der Waals surface area contributed by atoms with Crippen LogP contribution in [0.1, 0.15) is 51.5 Å². The Balaban J connectivity index is 2.17. The standard InChI is InChI=1S/C16H26N2O2S/c1-6-12(18-14(19)20-15(2,3)4)16(5)13-11(7-9-17-16)8-10-21-13/h8,10,12,17H,6-7,9H2,1-5H3,(H,18,19). The second-order valence-electron chi connectivity index (χ2n) is 6.76. The lowest BCUT2D eigenvalue weighted by Crippen LogP contribution is -2.58. The first kappa shape index (κ1) is 16.3. The Morgan fingerprint density at radius 1 is 1.57 bits per heavy atom. The molecule has 21 heavy (non-hydrogen) atoms. The summed E-state index contributed by atoms with van der Waals surface area (Å²) >= 11 is 1.76. The van der Waals surface area contributed by atoms with Gasteiger partial charge in [-0.2, -0.15) is 0 Å². The van der Waals surface area contributed by atoms with Crippen molar-refractivity contribution >= 4 is 17.4 Å². The predicted octanol–water partition coefficient (Wildman–Crippen LogP) is 3.41. The highest BCUT2D eigenvalue weighted by Gasteiger charge is 2.40. The summed E-state index contributed by atoms with van der Waals surface area (Å²) in [6, 6.07) is 2.20. The second-order valence-corrected chi connectivity index (χ2v) is 7.68. The van der Waals surface area contributed by atoms with E-state index in [1.807, 2.05) is 20.8 Å². The molecule has 1 amide bonds. The summed E-state index contributed by atoms with van der Waals surface area (Å²) in [7, 11) is 0. The number of amides is 1. The van der Waals surface area contributed by atoms with Gasteiger partial charge in [-0.15, -0.1) is 11.3 Å². The summed E-state index contributed by atoms with van der Waals surface area (Å²) in [6.07, 6.45) is 1.55. The van der Waals surface area contributed by atoms with Crippen molar-refractivity contribution in [2.45, 2.75) is 64.6 Å². The first-order valence-corrected chi connectivity index (χ1v) is 8.45. The summed E-state index contributed by atoms with van der Waals surface area (Å²) in [5.41, 5.74) is 0.691. The molecule has 0 fully saturated rings. The molecule has 4 nitrogen and oxygen atoms in total. The van der Waals surface area contributed by atoms with Crippen LogP contribution in [0.2, 0.25) is 0 Å². The van der Waals surface area contributed by atoms with Gasteiger partial charge in [0.05, 0.1) is 11.6 Å². The Hall–Kier alpha value is -1.07. The lowest BCUT2D eigenvalue weighted by Gasteiger charge is -2.41. The molecule has 0 aromatic carbocycles. The highest BCUT2D eigenvalue weighted by Crippen LogP contribution is 2.36. The minimum atomic E-state index is -0.475. The van der Waals surface area contributed by atoms with Crippen molar-refractivity contribution in [3.63, 3.8) is 0 Å². The molecule has 2 N–H and O–H groups in total. The molecule has 2 heterocycles. The molecule has 0 bridgehead atoms. The van der Waals surface area contributed by atoms with E-state index in [2.05, 4.69) is 35.9 Å². The lowest BCUT2D eigenvalue weighted by atomic mass is 9.83. The molecule has 1 aromatic rings. The number of ether oxygens (including phenoxy) is 1.